The lowest BCUT2D eigenvalue weighted by Gasteiger charge is -2.16. The molecule has 9 nitrogen and oxygen atoms in total. The number of rotatable bonds is 11. The van der Waals surface area contributed by atoms with E-state index in [0.29, 0.717) is 53.2 Å². The largest absolute Gasteiger partial charge is 0.505 e. The molecule has 0 saturated carbocycles. The van der Waals surface area contributed by atoms with E-state index in [0.717, 1.165) is 25.5 Å². The van der Waals surface area contributed by atoms with Crippen LogP contribution in [0.3, 0.4) is 0 Å². The number of aliphatic hydroxyl groups is 1. The third kappa shape index (κ3) is 7.37. The quantitative estimate of drug-likeness (QED) is 0.135. The Kier molecular flexibility index (Phi) is 11.2. The molecule has 1 amide bonds. The first kappa shape index (κ1) is 29.0. The molecule has 1 heterocycles. The topological polar surface area (TPSA) is 128 Å². The predicted molar refractivity (Wildman–Crippen MR) is 148 cm³/mol. The standard InChI is InChI=1S/C27H30N4O4.CH4O/c1-5-8-20-11-12-21(15-18(20)3)31(17-33)30-19(4)24(6-2)28-29-25-10-7-9-23(27(25)34)26-14-13-22(16-32)35-26;1-2/h7,9-17,29,34H,5-6,8H2,1-4H3;2H,1H3/b28-24+,30-19-;. The number of anilines is 2. The molecule has 0 aliphatic carbocycles. The fourth-order valence-corrected chi connectivity index (χ4v) is 3.67. The van der Waals surface area contributed by atoms with E-state index in [2.05, 4.69) is 22.6 Å². The summed E-state index contributed by atoms with van der Waals surface area (Å²) in [6.07, 6.45) is 3.86. The molecule has 0 fully saturated rings. The Hall–Kier alpha value is -4.24. The van der Waals surface area contributed by atoms with Crippen molar-refractivity contribution in [3.63, 3.8) is 0 Å². The lowest BCUT2D eigenvalue weighted by Crippen LogP contribution is -2.21. The maximum atomic E-state index is 11.8. The predicted octanol–water partition coefficient (Wildman–Crippen LogP) is 5.55. The van der Waals surface area contributed by atoms with Crippen molar-refractivity contribution in [1.82, 2.24) is 0 Å². The van der Waals surface area contributed by atoms with Crippen molar-refractivity contribution in [2.24, 2.45) is 10.2 Å². The number of phenols is 1. The van der Waals surface area contributed by atoms with Gasteiger partial charge in [0.15, 0.2) is 17.8 Å². The van der Waals surface area contributed by atoms with Gasteiger partial charge in [0.25, 0.3) is 0 Å². The lowest BCUT2D eigenvalue weighted by atomic mass is 10.0. The van der Waals surface area contributed by atoms with Crippen molar-refractivity contribution in [1.29, 1.82) is 0 Å². The van der Waals surface area contributed by atoms with Gasteiger partial charge in [-0.3, -0.25) is 15.0 Å². The molecule has 0 saturated heterocycles. The van der Waals surface area contributed by atoms with Gasteiger partial charge in [0, 0.05) is 7.11 Å². The Bertz CT molecular complexity index is 1260. The number of aryl methyl sites for hydroxylation is 2. The number of aromatic hydroxyl groups is 1. The second-order valence-electron chi connectivity index (χ2n) is 8.04. The first-order valence-electron chi connectivity index (χ1n) is 12.0. The van der Waals surface area contributed by atoms with E-state index in [4.69, 9.17) is 9.52 Å². The highest BCUT2D eigenvalue weighted by Gasteiger charge is 2.14. The van der Waals surface area contributed by atoms with Gasteiger partial charge in [-0.15, -0.1) is 0 Å². The second kappa shape index (κ2) is 14.4. The van der Waals surface area contributed by atoms with Crippen molar-refractivity contribution >= 4 is 35.5 Å². The number of phenolic OH excluding ortho intramolecular Hbond substituents is 1. The fraction of sp³-hybridized carbons (Fsp3) is 0.286. The van der Waals surface area contributed by atoms with Crippen LogP contribution in [-0.4, -0.2) is 41.4 Å². The summed E-state index contributed by atoms with van der Waals surface area (Å²) in [4.78, 5) is 22.7. The number of carbonyl (C=O) groups is 2. The molecule has 3 aromatic rings. The van der Waals surface area contributed by atoms with E-state index in [1.165, 1.54) is 16.6 Å². The summed E-state index contributed by atoms with van der Waals surface area (Å²) in [6.45, 7) is 7.86. The van der Waals surface area contributed by atoms with Crippen LogP contribution < -0.4 is 10.4 Å². The zero-order valence-electron chi connectivity index (χ0n) is 21.9. The number of hydrogen-bond acceptors (Lipinski definition) is 8. The van der Waals surface area contributed by atoms with Gasteiger partial charge in [-0.05, 0) is 74.2 Å². The molecule has 3 N–H and O–H groups in total. The molecular weight excluding hydrogens is 472 g/mol. The molecule has 0 atom stereocenters. The smallest absolute Gasteiger partial charge is 0.234 e. The third-order valence-electron chi connectivity index (χ3n) is 5.58. The highest BCUT2D eigenvalue weighted by molar-refractivity contribution is 6.41. The van der Waals surface area contributed by atoms with Crippen LogP contribution in [0.2, 0.25) is 0 Å². The normalized spacial score (nSPS) is 11.4. The van der Waals surface area contributed by atoms with Gasteiger partial charge in [0.1, 0.15) is 5.76 Å². The summed E-state index contributed by atoms with van der Waals surface area (Å²) in [6, 6.07) is 14.1. The summed E-state index contributed by atoms with van der Waals surface area (Å²) in [5.74, 6) is 0.476. The molecule has 1 aromatic heterocycles. The lowest BCUT2D eigenvalue weighted by molar-refractivity contribution is -0.107. The van der Waals surface area contributed by atoms with Gasteiger partial charge in [0.05, 0.1) is 28.4 Å². The van der Waals surface area contributed by atoms with Gasteiger partial charge in [-0.1, -0.05) is 32.4 Å². The average Bonchev–Trinajstić information content (AvgIpc) is 3.40. The number of amides is 1. The van der Waals surface area contributed by atoms with Crippen molar-refractivity contribution in [2.75, 3.05) is 17.5 Å². The van der Waals surface area contributed by atoms with Gasteiger partial charge < -0.3 is 14.6 Å². The van der Waals surface area contributed by atoms with Crippen LogP contribution >= 0.6 is 0 Å². The molecule has 0 spiro atoms. The minimum atomic E-state index is -0.0646. The third-order valence-corrected chi connectivity index (χ3v) is 5.58. The summed E-state index contributed by atoms with van der Waals surface area (Å²) < 4.78 is 5.42. The summed E-state index contributed by atoms with van der Waals surface area (Å²) in [5.41, 5.74) is 7.88. The van der Waals surface area contributed by atoms with Crippen molar-refractivity contribution in [3.8, 4) is 17.1 Å². The molecule has 0 unspecified atom stereocenters. The van der Waals surface area contributed by atoms with Gasteiger partial charge in [0.2, 0.25) is 6.41 Å². The van der Waals surface area contributed by atoms with Crippen LogP contribution in [0, 0.1) is 6.92 Å². The Labute approximate surface area is 217 Å². The maximum Gasteiger partial charge on any atom is 0.234 e. The van der Waals surface area contributed by atoms with E-state index in [-0.39, 0.29) is 11.5 Å². The number of nitrogens with zero attached hydrogens (tertiary/aromatic N) is 3. The maximum absolute atomic E-state index is 11.8. The van der Waals surface area contributed by atoms with Crippen LogP contribution in [0.25, 0.3) is 11.3 Å². The van der Waals surface area contributed by atoms with Crippen LogP contribution in [0.4, 0.5) is 11.4 Å². The van der Waals surface area contributed by atoms with Crippen molar-refractivity contribution in [3.05, 3.63) is 65.4 Å². The van der Waals surface area contributed by atoms with Crippen molar-refractivity contribution in [2.45, 2.75) is 47.0 Å². The molecule has 3 rings (SSSR count). The van der Waals surface area contributed by atoms with Crippen LogP contribution in [0.15, 0.2) is 63.2 Å². The number of furan rings is 1. The highest BCUT2D eigenvalue weighted by Crippen LogP contribution is 2.36. The van der Waals surface area contributed by atoms with Crippen LogP contribution in [0.5, 0.6) is 5.75 Å². The summed E-state index contributed by atoms with van der Waals surface area (Å²) >= 11 is 0. The molecule has 196 valence electrons. The molecular formula is C28H34N4O5. The molecule has 0 bridgehead atoms. The molecule has 2 aromatic carbocycles. The number of para-hydroxylation sites is 1. The van der Waals surface area contributed by atoms with Gasteiger partial charge >= 0.3 is 0 Å². The number of benzene rings is 2. The van der Waals surface area contributed by atoms with Gasteiger partial charge in [-0.25, -0.2) is 5.01 Å². The fourth-order valence-electron chi connectivity index (χ4n) is 3.67. The number of carbonyl (C=O) groups excluding carboxylic acids is 2. The van der Waals surface area contributed by atoms with Gasteiger partial charge in [-0.2, -0.15) is 10.2 Å². The minimum Gasteiger partial charge on any atom is -0.505 e. The number of nitrogens with one attached hydrogen (secondary N) is 1. The van der Waals surface area contributed by atoms with Crippen LogP contribution in [0.1, 0.15) is 55.3 Å². The van der Waals surface area contributed by atoms with E-state index in [1.807, 2.05) is 32.0 Å². The number of aldehydes is 1. The van der Waals surface area contributed by atoms with E-state index in [9.17, 15) is 14.7 Å². The SMILES string of the molecule is CCCc1ccc(N(C=O)/N=C(C)\C(CC)=N\Nc2cccc(-c3ccc(C=O)o3)c2O)cc1C.CO. The molecule has 0 radical (unpaired) electrons. The molecule has 0 aliphatic rings. The zero-order valence-corrected chi connectivity index (χ0v) is 21.9. The molecule has 37 heavy (non-hydrogen) atoms. The second-order valence-corrected chi connectivity index (χ2v) is 8.04. The number of aliphatic hydroxyl groups excluding tert-OH is 1. The van der Waals surface area contributed by atoms with Crippen molar-refractivity contribution < 1.29 is 24.2 Å². The first-order valence-corrected chi connectivity index (χ1v) is 12.0. The Morgan fingerprint density at radius 3 is 2.46 bits per heavy atom. The Morgan fingerprint density at radius 1 is 1.11 bits per heavy atom. The average molecular weight is 507 g/mol. The van der Waals surface area contributed by atoms with E-state index in [1.54, 1.807) is 31.2 Å². The molecule has 0 aliphatic heterocycles. The molecule has 9 heteroatoms. The summed E-state index contributed by atoms with van der Waals surface area (Å²) in [5, 5.41) is 27.9. The minimum absolute atomic E-state index is 0.0646. The Balaban J connectivity index is 0.00000235. The number of hydrazone groups is 2. The van der Waals surface area contributed by atoms with E-state index >= 15 is 0 Å². The highest BCUT2D eigenvalue weighted by atomic mass is 16.3. The number of hydrogen-bond donors (Lipinski definition) is 3. The summed E-state index contributed by atoms with van der Waals surface area (Å²) in [7, 11) is 1.00. The zero-order chi connectivity index (χ0) is 27.4. The first-order chi connectivity index (χ1) is 17.9. The monoisotopic (exact) mass is 506 g/mol. The van der Waals surface area contributed by atoms with Crippen LogP contribution in [-0.2, 0) is 11.2 Å². The van der Waals surface area contributed by atoms with E-state index < -0.39 is 0 Å². The Morgan fingerprint density at radius 2 is 1.86 bits per heavy atom.